The first kappa shape index (κ1) is 10.9. The fourth-order valence-corrected chi connectivity index (χ4v) is 1.78. The first-order valence-electron chi connectivity index (χ1n) is 3.05. The monoisotopic (exact) mass is 197 g/mol. The quantitative estimate of drug-likeness (QED) is 0.641. The molecule has 6 heteroatoms. The zero-order valence-electron chi connectivity index (χ0n) is 6.24. The average Bonchev–Trinajstić information content (AvgIpc) is 1.78. The molecule has 0 aliphatic carbocycles. The molecule has 0 bridgehead atoms. The van der Waals surface area contributed by atoms with Crippen molar-refractivity contribution in [3.63, 3.8) is 0 Å². The maximum absolute atomic E-state index is 10.4. The van der Waals surface area contributed by atoms with Crippen molar-refractivity contribution in [2.24, 2.45) is 5.14 Å². The van der Waals surface area contributed by atoms with Crippen LogP contribution in [0.1, 0.15) is 13.3 Å². The van der Waals surface area contributed by atoms with Crippen molar-refractivity contribution in [3.8, 4) is 0 Å². The van der Waals surface area contributed by atoms with Crippen molar-refractivity contribution >= 4 is 26.9 Å². The Labute approximate surface area is 70.6 Å². The van der Waals surface area contributed by atoms with Gasteiger partial charge in [-0.3, -0.25) is 4.79 Å². The second-order valence-corrected chi connectivity index (χ2v) is 5.07. The van der Waals surface area contributed by atoms with Gasteiger partial charge in [0.1, 0.15) is 0 Å². The van der Waals surface area contributed by atoms with Crippen LogP contribution in [0.3, 0.4) is 0 Å². The Morgan fingerprint density at radius 2 is 2.09 bits per heavy atom. The molecule has 0 fully saturated rings. The SMILES string of the molecule is CC(=O)SCCCS(N)(=O)=O. The van der Waals surface area contributed by atoms with E-state index in [2.05, 4.69) is 0 Å². The van der Waals surface area contributed by atoms with E-state index in [4.69, 9.17) is 5.14 Å². The van der Waals surface area contributed by atoms with Crippen molar-refractivity contribution < 1.29 is 13.2 Å². The van der Waals surface area contributed by atoms with Crippen LogP contribution in [-0.4, -0.2) is 25.0 Å². The van der Waals surface area contributed by atoms with Crippen LogP contribution in [0, 0.1) is 0 Å². The molecule has 2 N–H and O–H groups in total. The highest BCUT2D eigenvalue weighted by atomic mass is 32.2. The van der Waals surface area contributed by atoms with E-state index in [1.165, 1.54) is 6.92 Å². The fourth-order valence-electron chi connectivity index (χ4n) is 0.476. The van der Waals surface area contributed by atoms with Crippen LogP contribution in [0.15, 0.2) is 0 Å². The summed E-state index contributed by atoms with van der Waals surface area (Å²) in [6, 6.07) is 0. The molecule has 0 aliphatic rings. The summed E-state index contributed by atoms with van der Waals surface area (Å²) >= 11 is 1.11. The molecule has 0 unspecified atom stereocenters. The van der Waals surface area contributed by atoms with Gasteiger partial charge in [-0.05, 0) is 6.42 Å². The van der Waals surface area contributed by atoms with Gasteiger partial charge in [0.15, 0.2) is 5.12 Å². The van der Waals surface area contributed by atoms with Gasteiger partial charge in [-0.1, -0.05) is 11.8 Å². The Morgan fingerprint density at radius 3 is 2.45 bits per heavy atom. The van der Waals surface area contributed by atoms with E-state index in [0.29, 0.717) is 12.2 Å². The van der Waals surface area contributed by atoms with Crippen LogP contribution in [0.4, 0.5) is 0 Å². The van der Waals surface area contributed by atoms with Gasteiger partial charge in [-0.25, -0.2) is 13.6 Å². The number of primary sulfonamides is 1. The predicted molar refractivity (Wildman–Crippen MR) is 45.7 cm³/mol. The van der Waals surface area contributed by atoms with Gasteiger partial charge in [0.2, 0.25) is 10.0 Å². The third-order valence-corrected chi connectivity index (χ3v) is 2.64. The normalized spacial score (nSPS) is 11.5. The molecule has 0 spiro atoms. The summed E-state index contributed by atoms with van der Waals surface area (Å²) in [5, 5.41) is 4.73. The molecular weight excluding hydrogens is 186 g/mol. The first-order valence-corrected chi connectivity index (χ1v) is 5.76. The Balaban J connectivity index is 3.37. The lowest BCUT2D eigenvalue weighted by Gasteiger charge is -1.95. The molecule has 0 aliphatic heterocycles. The number of hydrogen-bond acceptors (Lipinski definition) is 4. The molecule has 0 saturated carbocycles. The van der Waals surface area contributed by atoms with E-state index in [9.17, 15) is 13.2 Å². The summed E-state index contributed by atoms with van der Waals surface area (Å²) in [5.41, 5.74) is 0. The van der Waals surface area contributed by atoms with Gasteiger partial charge in [0.05, 0.1) is 5.75 Å². The third-order valence-electron chi connectivity index (χ3n) is 0.879. The van der Waals surface area contributed by atoms with E-state index < -0.39 is 10.0 Å². The van der Waals surface area contributed by atoms with E-state index in [1.807, 2.05) is 0 Å². The molecule has 0 rings (SSSR count). The van der Waals surface area contributed by atoms with Crippen molar-refractivity contribution in [2.75, 3.05) is 11.5 Å². The molecule has 11 heavy (non-hydrogen) atoms. The highest BCUT2D eigenvalue weighted by Gasteiger charge is 2.02. The number of carbonyl (C=O) groups excluding carboxylic acids is 1. The highest BCUT2D eigenvalue weighted by molar-refractivity contribution is 8.13. The van der Waals surface area contributed by atoms with Crippen LogP contribution in [-0.2, 0) is 14.8 Å². The Hall–Kier alpha value is -0.0700. The molecule has 0 amide bonds. The Kier molecular flexibility index (Phi) is 4.71. The molecule has 0 heterocycles. The molecule has 0 aromatic heterocycles. The number of sulfonamides is 1. The zero-order valence-corrected chi connectivity index (χ0v) is 7.87. The number of thioether (sulfide) groups is 1. The Morgan fingerprint density at radius 1 is 1.55 bits per heavy atom. The second kappa shape index (κ2) is 4.74. The molecule has 66 valence electrons. The van der Waals surface area contributed by atoms with E-state index >= 15 is 0 Å². The molecule has 0 aromatic rings. The molecule has 0 atom stereocenters. The minimum Gasteiger partial charge on any atom is -0.288 e. The zero-order chi connectivity index (χ0) is 8.91. The van der Waals surface area contributed by atoms with E-state index in [0.717, 1.165) is 11.8 Å². The van der Waals surface area contributed by atoms with Crippen molar-refractivity contribution in [3.05, 3.63) is 0 Å². The maximum Gasteiger partial charge on any atom is 0.209 e. The predicted octanol–water partition coefficient (Wildman–Crippen LogP) is -0.0553. The topological polar surface area (TPSA) is 77.2 Å². The standard InChI is InChI=1S/C5H11NO3S2/c1-5(7)10-3-2-4-11(6,8)9/h2-4H2,1H3,(H2,6,8,9). The summed E-state index contributed by atoms with van der Waals surface area (Å²) in [4.78, 5) is 10.4. The first-order chi connectivity index (χ1) is 4.92. The van der Waals surface area contributed by atoms with Crippen LogP contribution in [0.2, 0.25) is 0 Å². The van der Waals surface area contributed by atoms with Crippen LogP contribution in [0.25, 0.3) is 0 Å². The van der Waals surface area contributed by atoms with Gasteiger partial charge in [0.25, 0.3) is 0 Å². The summed E-state index contributed by atoms with van der Waals surface area (Å²) in [5.74, 6) is 0.471. The van der Waals surface area contributed by atoms with Gasteiger partial charge in [-0.2, -0.15) is 0 Å². The van der Waals surface area contributed by atoms with Gasteiger partial charge in [0, 0.05) is 12.7 Å². The molecule has 4 nitrogen and oxygen atoms in total. The number of hydrogen-bond donors (Lipinski definition) is 1. The lowest BCUT2D eigenvalue weighted by Crippen LogP contribution is -2.16. The molecule has 0 radical (unpaired) electrons. The molecular formula is C5H11NO3S2. The highest BCUT2D eigenvalue weighted by Crippen LogP contribution is 2.03. The number of nitrogens with two attached hydrogens (primary N) is 1. The smallest absolute Gasteiger partial charge is 0.209 e. The van der Waals surface area contributed by atoms with E-state index in [-0.39, 0.29) is 10.9 Å². The van der Waals surface area contributed by atoms with Crippen molar-refractivity contribution in [1.82, 2.24) is 0 Å². The fraction of sp³-hybridized carbons (Fsp3) is 0.800. The minimum atomic E-state index is -3.35. The summed E-state index contributed by atoms with van der Waals surface area (Å²) in [6.07, 6.45) is 0.434. The van der Waals surface area contributed by atoms with Gasteiger partial charge < -0.3 is 0 Å². The largest absolute Gasteiger partial charge is 0.288 e. The van der Waals surface area contributed by atoms with Crippen LogP contribution < -0.4 is 5.14 Å². The molecule has 0 aromatic carbocycles. The average molecular weight is 197 g/mol. The second-order valence-electron chi connectivity index (χ2n) is 2.06. The van der Waals surface area contributed by atoms with E-state index in [1.54, 1.807) is 0 Å². The number of rotatable bonds is 4. The summed E-state index contributed by atoms with van der Waals surface area (Å²) < 4.78 is 20.7. The van der Waals surface area contributed by atoms with Crippen molar-refractivity contribution in [1.29, 1.82) is 0 Å². The molecule has 0 saturated heterocycles. The van der Waals surface area contributed by atoms with Crippen molar-refractivity contribution in [2.45, 2.75) is 13.3 Å². The lowest BCUT2D eigenvalue weighted by molar-refractivity contribution is -0.109. The van der Waals surface area contributed by atoms with Crippen LogP contribution in [0.5, 0.6) is 0 Å². The maximum atomic E-state index is 10.4. The lowest BCUT2D eigenvalue weighted by atomic mass is 10.6. The number of carbonyl (C=O) groups is 1. The van der Waals surface area contributed by atoms with Gasteiger partial charge in [-0.15, -0.1) is 0 Å². The third kappa shape index (κ3) is 9.93. The minimum absolute atomic E-state index is 0.000538. The van der Waals surface area contributed by atoms with Crippen LogP contribution >= 0.6 is 11.8 Å². The van der Waals surface area contributed by atoms with Gasteiger partial charge >= 0.3 is 0 Å². The summed E-state index contributed by atoms with van der Waals surface area (Å²) in [6.45, 7) is 1.45. The Bertz CT molecular complexity index is 222. The summed E-state index contributed by atoms with van der Waals surface area (Å²) in [7, 11) is -3.35.